The van der Waals surface area contributed by atoms with Crippen LogP contribution in [0.15, 0.2) is 218 Å². The molecule has 0 radical (unpaired) electrons. The lowest BCUT2D eigenvalue weighted by molar-refractivity contribution is 1.18. The third kappa shape index (κ3) is 5.53. The van der Waals surface area contributed by atoms with Crippen LogP contribution in [-0.4, -0.2) is 4.57 Å². The Morgan fingerprint density at radius 3 is 1.94 bits per heavy atom. The van der Waals surface area contributed by atoms with Crippen molar-refractivity contribution in [2.45, 2.75) is 0 Å². The van der Waals surface area contributed by atoms with Gasteiger partial charge in [0.2, 0.25) is 0 Å². The van der Waals surface area contributed by atoms with E-state index in [1.165, 1.54) is 10.8 Å². The summed E-state index contributed by atoms with van der Waals surface area (Å²) in [6, 6.07) is 63.6. The number of nitrogens with zero attached hydrogens (tertiary/aromatic N) is 2. The van der Waals surface area contributed by atoms with Crippen molar-refractivity contribution in [1.82, 2.24) is 4.57 Å². The molecule has 0 aliphatic rings. The third-order valence-electron chi connectivity index (χ3n) is 10.2. The summed E-state index contributed by atoms with van der Waals surface area (Å²) in [6.07, 6.45) is 0. The lowest BCUT2D eigenvalue weighted by atomic mass is 9.96. The molecule has 2 nitrogen and oxygen atoms in total. The second-order valence-electron chi connectivity index (χ2n) is 13.4. The Hall–Kier alpha value is -7.16. The molecule has 254 valence electrons. The van der Waals surface area contributed by atoms with Crippen molar-refractivity contribution in [3.05, 3.63) is 218 Å². The number of rotatable bonds is 7. The average Bonchev–Trinajstić information content (AvgIpc) is 3.63. The quantitative estimate of drug-likeness (QED) is 0.161. The number of anilines is 3. The number of para-hydroxylation sites is 3. The van der Waals surface area contributed by atoms with Crippen LogP contribution in [0.1, 0.15) is 6.85 Å². The monoisotopic (exact) mass is 693 g/mol. The van der Waals surface area contributed by atoms with Crippen LogP contribution in [0.4, 0.5) is 17.1 Å². The molecule has 0 bridgehead atoms. The fraction of sp³-hybridized carbons (Fsp3) is 0. The fourth-order valence-corrected chi connectivity index (χ4v) is 7.79. The van der Waals surface area contributed by atoms with Gasteiger partial charge >= 0.3 is 0 Å². The normalized spacial score (nSPS) is 12.6. The van der Waals surface area contributed by atoms with E-state index in [1.807, 2.05) is 30.3 Å². The van der Waals surface area contributed by atoms with Crippen molar-refractivity contribution in [1.29, 1.82) is 0 Å². The Morgan fingerprint density at radius 2 is 1.07 bits per heavy atom. The number of aromatic nitrogens is 1. The molecular weight excluding hydrogens is 653 g/mol. The van der Waals surface area contributed by atoms with Crippen LogP contribution in [0.25, 0.3) is 71.6 Å². The first kappa shape index (κ1) is 26.6. The van der Waals surface area contributed by atoms with E-state index in [0.717, 1.165) is 66.8 Å². The van der Waals surface area contributed by atoms with Gasteiger partial charge in [0.1, 0.15) is 0 Å². The molecule has 1 aromatic heterocycles. The number of benzene rings is 9. The molecule has 0 aliphatic heterocycles. The summed E-state index contributed by atoms with van der Waals surface area (Å²) in [6.45, 7) is 0. The second kappa shape index (κ2) is 13.4. The van der Waals surface area contributed by atoms with E-state index >= 15 is 0 Å². The molecular formula is C52H36N2. The van der Waals surface area contributed by atoms with Gasteiger partial charge in [-0.1, -0.05) is 158 Å². The molecule has 0 atom stereocenters. The van der Waals surface area contributed by atoms with Crippen LogP contribution in [0.5, 0.6) is 0 Å². The lowest BCUT2D eigenvalue weighted by Gasteiger charge is -2.28. The van der Waals surface area contributed by atoms with Crippen molar-refractivity contribution >= 4 is 49.6 Å². The van der Waals surface area contributed by atoms with Crippen molar-refractivity contribution < 1.29 is 6.85 Å². The molecule has 0 fully saturated rings. The summed E-state index contributed by atoms with van der Waals surface area (Å²) in [5, 5.41) is 4.67. The molecule has 0 unspecified atom stereocenters. The topological polar surface area (TPSA) is 8.17 Å². The van der Waals surface area contributed by atoms with Crippen molar-refractivity contribution in [3.63, 3.8) is 0 Å². The summed E-state index contributed by atoms with van der Waals surface area (Å²) >= 11 is 0. The highest BCUT2D eigenvalue weighted by Crippen LogP contribution is 2.46. The van der Waals surface area contributed by atoms with Crippen LogP contribution < -0.4 is 4.90 Å². The summed E-state index contributed by atoms with van der Waals surface area (Å²) in [4.78, 5) is 2.25. The van der Waals surface area contributed by atoms with E-state index in [1.54, 1.807) is 0 Å². The smallest absolute Gasteiger partial charge is 0.0629 e. The zero-order valence-electron chi connectivity index (χ0n) is 34.3. The summed E-state index contributed by atoms with van der Waals surface area (Å²) < 4.78 is 44.4. The Morgan fingerprint density at radius 1 is 0.407 bits per heavy atom. The molecule has 10 aromatic rings. The molecule has 0 N–H and O–H groups in total. The minimum Gasteiger partial charge on any atom is -0.310 e. The highest BCUT2D eigenvalue weighted by atomic mass is 15.1. The number of hydrogen-bond acceptors (Lipinski definition) is 1. The first-order valence-corrected chi connectivity index (χ1v) is 18.1. The van der Waals surface area contributed by atoms with Gasteiger partial charge in [-0.25, -0.2) is 0 Å². The van der Waals surface area contributed by atoms with Gasteiger partial charge in [0, 0.05) is 33.4 Å². The largest absolute Gasteiger partial charge is 0.310 e. The molecule has 10 rings (SSSR count). The van der Waals surface area contributed by atoms with E-state index in [4.69, 9.17) is 6.85 Å². The van der Waals surface area contributed by atoms with Gasteiger partial charge in [-0.3, -0.25) is 0 Å². The summed E-state index contributed by atoms with van der Waals surface area (Å²) in [7, 11) is 0. The predicted molar refractivity (Wildman–Crippen MR) is 229 cm³/mol. The number of hydrogen-bond donors (Lipinski definition) is 0. The van der Waals surface area contributed by atoms with Crippen LogP contribution >= 0.6 is 0 Å². The Labute approximate surface area is 322 Å². The molecule has 0 spiro atoms. The maximum atomic E-state index is 8.65. The van der Waals surface area contributed by atoms with Gasteiger partial charge < -0.3 is 9.47 Å². The second-order valence-corrected chi connectivity index (χ2v) is 13.4. The van der Waals surface area contributed by atoms with Gasteiger partial charge in [0.25, 0.3) is 0 Å². The van der Waals surface area contributed by atoms with Crippen molar-refractivity contribution in [2.75, 3.05) is 4.90 Å². The van der Waals surface area contributed by atoms with Gasteiger partial charge in [-0.05, 0) is 99.3 Å². The van der Waals surface area contributed by atoms with E-state index in [-0.39, 0.29) is 29.7 Å². The van der Waals surface area contributed by atoms with Gasteiger partial charge in [0.15, 0.2) is 0 Å². The van der Waals surface area contributed by atoms with E-state index in [0.29, 0.717) is 5.56 Å². The number of fused-ring (bicyclic) bond motifs is 4. The highest BCUT2D eigenvalue weighted by molar-refractivity contribution is 6.17. The molecule has 0 saturated heterocycles. The third-order valence-corrected chi connectivity index (χ3v) is 10.2. The summed E-state index contributed by atoms with van der Waals surface area (Å²) in [5.74, 6) is 0. The maximum absolute atomic E-state index is 8.65. The minimum atomic E-state index is -0.406. The van der Waals surface area contributed by atoms with E-state index in [2.05, 4.69) is 167 Å². The van der Waals surface area contributed by atoms with Crippen LogP contribution in [0.2, 0.25) is 0 Å². The molecule has 9 aromatic carbocycles. The van der Waals surface area contributed by atoms with Gasteiger partial charge in [-0.2, -0.15) is 0 Å². The van der Waals surface area contributed by atoms with Crippen LogP contribution in [0.3, 0.4) is 0 Å². The SMILES string of the molecule is [2H]c1c([2H])c([2H])c(-c2ccc(N(c3cccc(-c4ccc5ccccc5c4)c3)c3ccccc3-c3cccc4c3c3ccccc3n4-c3ccccc3)cc2)c([2H])c1[2H]. The molecule has 54 heavy (non-hydrogen) atoms. The molecule has 0 amide bonds. The Bertz CT molecular complexity index is 3200. The molecule has 1 heterocycles. The molecule has 2 heteroatoms. The lowest BCUT2D eigenvalue weighted by Crippen LogP contribution is -2.11. The molecule has 0 saturated carbocycles. The Kier molecular flexibility index (Phi) is 6.61. The highest BCUT2D eigenvalue weighted by Gasteiger charge is 2.21. The van der Waals surface area contributed by atoms with Gasteiger partial charge in [0.05, 0.1) is 23.6 Å². The van der Waals surface area contributed by atoms with Crippen molar-refractivity contribution in [3.8, 4) is 39.1 Å². The zero-order chi connectivity index (χ0) is 40.2. The van der Waals surface area contributed by atoms with Crippen LogP contribution in [-0.2, 0) is 0 Å². The molecule has 0 aliphatic carbocycles. The predicted octanol–water partition coefficient (Wildman–Crippen LogP) is 14.4. The first-order valence-electron chi connectivity index (χ1n) is 20.6. The Balaban J connectivity index is 1.19. The summed E-state index contributed by atoms with van der Waals surface area (Å²) in [5.41, 5.74) is 11.1. The standard InChI is InChI=1S/C52H36N2/c1-3-15-37(16-4-1)39-31-33-44(34-32-39)53(45-22-13-19-41(36-45)42-30-29-38-17-7-8-18-40(38)35-42)49-26-11-9-23-46(49)47-25-14-28-51-52(47)48-24-10-12-27-50(48)54(51)43-20-5-2-6-21-43/h1-36H/i1D,3D,4D,15D,16D. The minimum absolute atomic E-state index is 0.175. The van der Waals surface area contributed by atoms with Crippen LogP contribution in [0, 0.1) is 0 Å². The van der Waals surface area contributed by atoms with Gasteiger partial charge in [-0.15, -0.1) is 0 Å². The van der Waals surface area contributed by atoms with E-state index in [9.17, 15) is 0 Å². The first-order chi connectivity index (χ1) is 28.9. The average molecular weight is 694 g/mol. The van der Waals surface area contributed by atoms with Crippen molar-refractivity contribution in [2.24, 2.45) is 0 Å². The maximum Gasteiger partial charge on any atom is 0.0629 e. The van der Waals surface area contributed by atoms with E-state index < -0.39 is 6.04 Å². The fourth-order valence-electron chi connectivity index (χ4n) is 7.79. The zero-order valence-corrected chi connectivity index (χ0v) is 29.3.